The minimum atomic E-state index is -1.05. The van der Waals surface area contributed by atoms with Crippen LogP contribution in [0.1, 0.15) is 26.7 Å². The summed E-state index contributed by atoms with van der Waals surface area (Å²) >= 11 is 0. The number of carbonyl (C=O) groups excluding carboxylic acids is 1. The molecule has 22 heavy (non-hydrogen) atoms. The van der Waals surface area contributed by atoms with Crippen LogP contribution >= 0.6 is 0 Å². The van der Waals surface area contributed by atoms with Crippen LogP contribution in [-0.2, 0) is 19.0 Å². The average Bonchev–Trinajstić information content (AvgIpc) is 2.49. The first-order valence-corrected chi connectivity index (χ1v) is 7.61. The maximum atomic E-state index is 12.1. The largest absolute Gasteiger partial charge is 0.461 e. The van der Waals surface area contributed by atoms with Gasteiger partial charge in [-0.05, 0) is 37.8 Å². The number of hydrogen-bond donors (Lipinski definition) is 0. The molecule has 2 atom stereocenters. The van der Waals surface area contributed by atoms with Gasteiger partial charge in [0.05, 0.1) is 12.4 Å². The highest BCUT2D eigenvalue weighted by molar-refractivity contribution is 5.73. The Bertz CT molecular complexity index is 605. The molecule has 4 nitrogen and oxygen atoms in total. The van der Waals surface area contributed by atoms with Crippen LogP contribution < -0.4 is 0 Å². The summed E-state index contributed by atoms with van der Waals surface area (Å²) < 4.78 is 16.6. The first-order chi connectivity index (χ1) is 10.6. The molecule has 0 radical (unpaired) electrons. The smallest absolute Gasteiger partial charge is 0.376 e. The predicted octanol–water partition coefficient (Wildman–Crippen LogP) is 3.34. The second-order valence-electron chi connectivity index (χ2n) is 5.70. The minimum absolute atomic E-state index is 0.209. The van der Waals surface area contributed by atoms with Gasteiger partial charge in [-0.1, -0.05) is 36.5 Å². The van der Waals surface area contributed by atoms with E-state index in [2.05, 4.69) is 6.08 Å². The molecule has 4 heteroatoms. The molecule has 1 heterocycles. The fourth-order valence-electron chi connectivity index (χ4n) is 2.72. The van der Waals surface area contributed by atoms with Crippen molar-refractivity contribution in [3.63, 3.8) is 0 Å². The minimum Gasteiger partial charge on any atom is -0.461 e. The number of carbonyl (C=O) groups is 1. The van der Waals surface area contributed by atoms with Crippen molar-refractivity contribution in [1.29, 1.82) is 0 Å². The van der Waals surface area contributed by atoms with Gasteiger partial charge >= 0.3 is 5.97 Å². The highest BCUT2D eigenvalue weighted by atomic mass is 16.7. The summed E-state index contributed by atoms with van der Waals surface area (Å²) in [4.78, 5) is 12.1. The molecule has 1 aliphatic heterocycles. The van der Waals surface area contributed by atoms with E-state index in [1.807, 2.05) is 30.4 Å². The van der Waals surface area contributed by atoms with Gasteiger partial charge in [0.2, 0.25) is 0 Å². The summed E-state index contributed by atoms with van der Waals surface area (Å²) in [7, 11) is 0. The highest BCUT2D eigenvalue weighted by Crippen LogP contribution is 2.33. The molecule has 116 valence electrons. The Labute approximate surface area is 130 Å². The van der Waals surface area contributed by atoms with Crippen molar-refractivity contribution in [2.75, 3.05) is 0 Å². The molecule has 0 fully saturated rings. The van der Waals surface area contributed by atoms with Crippen LogP contribution in [0.25, 0.3) is 0 Å². The van der Waals surface area contributed by atoms with E-state index in [-0.39, 0.29) is 12.2 Å². The van der Waals surface area contributed by atoms with E-state index >= 15 is 0 Å². The van der Waals surface area contributed by atoms with Crippen molar-refractivity contribution in [1.82, 2.24) is 0 Å². The third-order valence-electron chi connectivity index (χ3n) is 3.67. The Morgan fingerprint density at radius 3 is 3.00 bits per heavy atom. The van der Waals surface area contributed by atoms with Gasteiger partial charge < -0.3 is 14.2 Å². The van der Waals surface area contributed by atoms with Crippen LogP contribution in [0.5, 0.6) is 0 Å². The van der Waals surface area contributed by atoms with Gasteiger partial charge in [-0.3, -0.25) is 0 Å². The van der Waals surface area contributed by atoms with E-state index < -0.39 is 12.3 Å². The maximum Gasteiger partial charge on any atom is 0.376 e. The molecule has 0 spiro atoms. The summed E-state index contributed by atoms with van der Waals surface area (Å²) in [6.07, 6.45) is 14.0. The summed E-state index contributed by atoms with van der Waals surface area (Å²) in [5.41, 5.74) is 3.30. The zero-order valence-electron chi connectivity index (χ0n) is 12.8. The van der Waals surface area contributed by atoms with E-state index in [4.69, 9.17) is 14.2 Å². The SMILES string of the molecule is CC(C)OC(=O)C1OC=C2C=CCC/C2=C2\C=CC=CC2O1. The van der Waals surface area contributed by atoms with Crippen molar-refractivity contribution < 1.29 is 19.0 Å². The van der Waals surface area contributed by atoms with Crippen molar-refractivity contribution in [3.8, 4) is 0 Å². The van der Waals surface area contributed by atoms with E-state index in [0.29, 0.717) is 0 Å². The Hall–Kier alpha value is -2.07. The quantitative estimate of drug-likeness (QED) is 0.734. The van der Waals surface area contributed by atoms with E-state index in [1.54, 1.807) is 20.1 Å². The Balaban J connectivity index is 1.93. The summed E-state index contributed by atoms with van der Waals surface area (Å²) in [5.74, 6) is -0.502. The molecule has 0 aromatic rings. The molecule has 0 aromatic carbocycles. The summed E-state index contributed by atoms with van der Waals surface area (Å²) in [5, 5.41) is 0. The van der Waals surface area contributed by atoms with Gasteiger partial charge in [-0.25, -0.2) is 4.79 Å². The standard InChI is InChI=1S/C18H20O4/c1-12(2)21-17(19)18-20-11-13-7-3-4-8-14(13)15-9-5-6-10-16(15)22-18/h3,5-7,9-12,16,18H,4,8H2,1-2H3/b13-11?,15-14-. The molecule has 3 rings (SSSR count). The lowest BCUT2D eigenvalue weighted by Gasteiger charge is -2.29. The lowest BCUT2D eigenvalue weighted by molar-refractivity contribution is -0.191. The van der Waals surface area contributed by atoms with Crippen LogP contribution in [-0.4, -0.2) is 24.5 Å². The number of ether oxygens (including phenoxy) is 3. The van der Waals surface area contributed by atoms with Gasteiger partial charge in [0.1, 0.15) is 6.10 Å². The zero-order valence-corrected chi connectivity index (χ0v) is 12.8. The molecule has 0 N–H and O–H groups in total. The first-order valence-electron chi connectivity index (χ1n) is 7.61. The third kappa shape index (κ3) is 3.07. The van der Waals surface area contributed by atoms with Crippen LogP contribution in [0.3, 0.4) is 0 Å². The number of esters is 1. The molecule has 0 bridgehead atoms. The molecule has 0 aromatic heterocycles. The van der Waals surface area contributed by atoms with Crippen LogP contribution in [0.15, 0.2) is 59.4 Å². The highest BCUT2D eigenvalue weighted by Gasteiger charge is 2.31. The molecule has 2 aliphatic carbocycles. The van der Waals surface area contributed by atoms with E-state index in [9.17, 15) is 4.79 Å². The number of hydrogen-bond acceptors (Lipinski definition) is 4. The molecule has 0 saturated carbocycles. The predicted molar refractivity (Wildman–Crippen MR) is 82.7 cm³/mol. The maximum absolute atomic E-state index is 12.1. The van der Waals surface area contributed by atoms with Gasteiger partial charge in [0.15, 0.2) is 0 Å². The normalized spacial score (nSPS) is 29.9. The van der Waals surface area contributed by atoms with Crippen LogP contribution in [0, 0.1) is 0 Å². The summed E-state index contributed by atoms with van der Waals surface area (Å²) in [6.45, 7) is 3.60. The molecule has 0 saturated heterocycles. The van der Waals surface area contributed by atoms with Gasteiger partial charge in [0, 0.05) is 5.57 Å². The molecule has 2 unspecified atom stereocenters. The van der Waals surface area contributed by atoms with Crippen molar-refractivity contribution in [3.05, 3.63) is 59.4 Å². The van der Waals surface area contributed by atoms with Crippen molar-refractivity contribution in [2.45, 2.75) is 45.2 Å². The van der Waals surface area contributed by atoms with Gasteiger partial charge in [-0.2, -0.15) is 0 Å². The lowest BCUT2D eigenvalue weighted by Crippen LogP contribution is -2.35. The molecule has 0 amide bonds. The molecule has 3 aliphatic rings. The number of fused-ring (bicyclic) bond motifs is 2. The monoisotopic (exact) mass is 300 g/mol. The fourth-order valence-corrected chi connectivity index (χ4v) is 2.72. The van der Waals surface area contributed by atoms with Crippen LogP contribution in [0.2, 0.25) is 0 Å². The Morgan fingerprint density at radius 2 is 2.18 bits per heavy atom. The Morgan fingerprint density at radius 1 is 1.32 bits per heavy atom. The average molecular weight is 300 g/mol. The third-order valence-corrected chi connectivity index (χ3v) is 3.67. The second-order valence-corrected chi connectivity index (χ2v) is 5.70. The van der Waals surface area contributed by atoms with Gasteiger partial charge in [-0.15, -0.1) is 0 Å². The topological polar surface area (TPSA) is 44.8 Å². The molecular formula is C18H20O4. The van der Waals surface area contributed by atoms with Crippen molar-refractivity contribution in [2.24, 2.45) is 0 Å². The zero-order chi connectivity index (χ0) is 15.5. The number of allylic oxidation sites excluding steroid dienone is 6. The fraction of sp³-hybridized carbons (Fsp3) is 0.389. The Kier molecular flexibility index (Phi) is 4.29. The number of rotatable bonds is 2. The van der Waals surface area contributed by atoms with Crippen LogP contribution in [0.4, 0.5) is 0 Å². The first kappa shape index (κ1) is 14.9. The van der Waals surface area contributed by atoms with E-state index in [1.165, 1.54) is 5.57 Å². The summed E-state index contributed by atoms with van der Waals surface area (Å²) in [6, 6.07) is 0. The van der Waals surface area contributed by atoms with Gasteiger partial charge in [0.25, 0.3) is 6.29 Å². The lowest BCUT2D eigenvalue weighted by atomic mass is 9.87. The second kappa shape index (κ2) is 6.36. The van der Waals surface area contributed by atoms with E-state index in [0.717, 1.165) is 24.0 Å². The van der Waals surface area contributed by atoms with Crippen molar-refractivity contribution >= 4 is 5.97 Å². The molecular weight excluding hydrogens is 280 g/mol.